The van der Waals surface area contributed by atoms with E-state index >= 15 is 0 Å². The minimum atomic E-state index is -0.371. The van der Waals surface area contributed by atoms with Crippen molar-refractivity contribution in [2.45, 2.75) is 6.54 Å². The summed E-state index contributed by atoms with van der Waals surface area (Å²) in [5.74, 6) is -0.682. The summed E-state index contributed by atoms with van der Waals surface area (Å²) in [5.41, 5.74) is 1.48. The number of hydrogen-bond donors (Lipinski definition) is 1. The Hall–Kier alpha value is -3.21. The Kier molecular flexibility index (Phi) is 2.87. The quantitative estimate of drug-likeness (QED) is 0.739. The number of nitrogens with zero attached hydrogens (tertiary/aromatic N) is 2. The molecule has 3 aromatic rings. The molecule has 0 saturated heterocycles. The van der Waals surface area contributed by atoms with Gasteiger partial charge < -0.3 is 5.11 Å². The molecular formula is C18H12N2O3. The van der Waals surface area contributed by atoms with Gasteiger partial charge in [0.25, 0.3) is 11.8 Å². The molecule has 0 radical (unpaired) electrons. The highest BCUT2D eigenvalue weighted by molar-refractivity contribution is 6.26. The second kappa shape index (κ2) is 4.91. The highest BCUT2D eigenvalue weighted by atomic mass is 16.3. The number of carbonyl (C=O) groups is 2. The standard InChI is InChI=1S/C18H12N2O3/c21-15-8-7-14-16-12(15)5-3-6-13(16)17(22)20(18(14)23)10-11-4-1-2-9-19-11/h1-9,21H,10H2. The van der Waals surface area contributed by atoms with Crippen molar-refractivity contribution >= 4 is 22.6 Å². The van der Waals surface area contributed by atoms with Crippen LogP contribution in [-0.4, -0.2) is 26.8 Å². The van der Waals surface area contributed by atoms with E-state index in [1.165, 1.54) is 11.0 Å². The van der Waals surface area contributed by atoms with E-state index in [1.807, 2.05) is 6.07 Å². The molecule has 0 bridgehead atoms. The number of carbonyl (C=O) groups excluding carboxylic acids is 2. The fraction of sp³-hybridized carbons (Fsp3) is 0.0556. The van der Waals surface area contributed by atoms with E-state index < -0.39 is 0 Å². The molecule has 112 valence electrons. The zero-order valence-electron chi connectivity index (χ0n) is 12.1. The SMILES string of the molecule is O=C1c2cccc3c(O)ccc(c23)C(=O)N1Cc1ccccn1. The Bertz CT molecular complexity index is 929. The van der Waals surface area contributed by atoms with Crippen LogP contribution in [0.1, 0.15) is 26.4 Å². The lowest BCUT2D eigenvalue weighted by atomic mass is 9.93. The smallest absolute Gasteiger partial charge is 0.261 e. The van der Waals surface area contributed by atoms with E-state index in [9.17, 15) is 14.7 Å². The van der Waals surface area contributed by atoms with Gasteiger partial charge in [-0.1, -0.05) is 18.2 Å². The molecule has 2 amide bonds. The van der Waals surface area contributed by atoms with Gasteiger partial charge in [0.05, 0.1) is 12.2 Å². The van der Waals surface area contributed by atoms with Crippen molar-refractivity contribution in [1.29, 1.82) is 0 Å². The largest absolute Gasteiger partial charge is 0.507 e. The number of phenols is 1. The lowest BCUT2D eigenvalue weighted by molar-refractivity contribution is 0.0596. The summed E-state index contributed by atoms with van der Waals surface area (Å²) >= 11 is 0. The third-order valence-corrected chi connectivity index (χ3v) is 4.01. The molecule has 0 saturated carbocycles. The van der Waals surface area contributed by atoms with Crippen molar-refractivity contribution in [3.63, 3.8) is 0 Å². The summed E-state index contributed by atoms with van der Waals surface area (Å²) < 4.78 is 0. The number of benzene rings is 2. The van der Waals surface area contributed by atoms with Crippen LogP contribution in [0.25, 0.3) is 10.8 Å². The summed E-state index contributed by atoms with van der Waals surface area (Å²) in [6, 6.07) is 13.5. The normalized spacial score (nSPS) is 13.7. The summed E-state index contributed by atoms with van der Waals surface area (Å²) in [6.45, 7) is 0.120. The van der Waals surface area contributed by atoms with Crippen molar-refractivity contribution in [2.24, 2.45) is 0 Å². The number of rotatable bonds is 2. The molecule has 0 fully saturated rings. The summed E-state index contributed by atoms with van der Waals surface area (Å²) in [7, 11) is 0. The topological polar surface area (TPSA) is 70.5 Å². The molecule has 5 heteroatoms. The van der Waals surface area contributed by atoms with Crippen LogP contribution in [0.4, 0.5) is 0 Å². The predicted molar refractivity (Wildman–Crippen MR) is 84.1 cm³/mol. The van der Waals surface area contributed by atoms with Crippen molar-refractivity contribution in [3.05, 3.63) is 71.5 Å². The summed E-state index contributed by atoms with van der Waals surface area (Å²) in [5, 5.41) is 11.0. The predicted octanol–water partition coefficient (Wildman–Crippen LogP) is 2.74. The van der Waals surface area contributed by atoms with Crippen LogP contribution in [0.3, 0.4) is 0 Å². The molecule has 0 aliphatic carbocycles. The first-order chi connectivity index (χ1) is 11.2. The number of phenolic OH excluding ortho intramolecular Hbond substituents is 1. The average Bonchev–Trinajstić information content (AvgIpc) is 2.59. The van der Waals surface area contributed by atoms with E-state index in [-0.39, 0.29) is 24.1 Å². The average molecular weight is 304 g/mol. The molecule has 1 N–H and O–H groups in total. The van der Waals surface area contributed by atoms with E-state index in [0.717, 1.165) is 0 Å². The van der Waals surface area contributed by atoms with Crippen LogP contribution >= 0.6 is 0 Å². The Morgan fingerprint density at radius 1 is 0.913 bits per heavy atom. The zero-order valence-corrected chi connectivity index (χ0v) is 12.1. The van der Waals surface area contributed by atoms with Crippen LogP contribution in [0.2, 0.25) is 0 Å². The lowest BCUT2D eigenvalue weighted by Crippen LogP contribution is -2.39. The van der Waals surface area contributed by atoms with Crippen molar-refractivity contribution in [3.8, 4) is 5.75 Å². The minimum Gasteiger partial charge on any atom is -0.507 e. The first-order valence-corrected chi connectivity index (χ1v) is 7.17. The fourth-order valence-corrected chi connectivity index (χ4v) is 2.93. The van der Waals surface area contributed by atoms with Crippen LogP contribution in [0, 0.1) is 0 Å². The third kappa shape index (κ3) is 1.97. The molecule has 0 unspecified atom stereocenters. The van der Waals surface area contributed by atoms with E-state index in [4.69, 9.17) is 0 Å². The van der Waals surface area contributed by atoms with E-state index in [2.05, 4.69) is 4.98 Å². The molecule has 1 aliphatic heterocycles. The van der Waals surface area contributed by atoms with Gasteiger partial charge >= 0.3 is 0 Å². The first-order valence-electron chi connectivity index (χ1n) is 7.17. The van der Waals surface area contributed by atoms with Crippen LogP contribution in [-0.2, 0) is 6.54 Å². The number of aromatic nitrogens is 1. The van der Waals surface area contributed by atoms with Gasteiger partial charge in [-0.15, -0.1) is 0 Å². The Balaban J connectivity index is 1.87. The Labute approximate surface area is 131 Å². The zero-order chi connectivity index (χ0) is 16.0. The first kappa shape index (κ1) is 13.5. The summed E-state index contributed by atoms with van der Waals surface area (Å²) in [4.78, 5) is 30.8. The van der Waals surface area contributed by atoms with Gasteiger partial charge in [0, 0.05) is 28.1 Å². The van der Waals surface area contributed by atoms with Gasteiger partial charge in [-0.3, -0.25) is 19.5 Å². The molecule has 0 spiro atoms. The van der Waals surface area contributed by atoms with Crippen molar-refractivity contribution in [1.82, 2.24) is 9.88 Å². The maximum atomic E-state index is 12.7. The molecule has 2 aromatic carbocycles. The number of hydrogen-bond acceptors (Lipinski definition) is 4. The van der Waals surface area contributed by atoms with Gasteiger partial charge in [-0.25, -0.2) is 0 Å². The molecule has 23 heavy (non-hydrogen) atoms. The molecule has 2 heterocycles. The van der Waals surface area contributed by atoms with Gasteiger partial charge in [0.2, 0.25) is 0 Å². The number of imide groups is 1. The number of aromatic hydroxyl groups is 1. The van der Waals surface area contributed by atoms with Gasteiger partial charge in [0.1, 0.15) is 5.75 Å². The number of amides is 2. The molecule has 5 nitrogen and oxygen atoms in total. The molecule has 4 rings (SSSR count). The lowest BCUT2D eigenvalue weighted by Gasteiger charge is -2.27. The molecular weight excluding hydrogens is 292 g/mol. The maximum Gasteiger partial charge on any atom is 0.261 e. The highest BCUT2D eigenvalue weighted by Gasteiger charge is 2.33. The van der Waals surface area contributed by atoms with Crippen LogP contribution < -0.4 is 0 Å². The summed E-state index contributed by atoms with van der Waals surface area (Å²) in [6.07, 6.45) is 1.63. The van der Waals surface area contributed by atoms with Crippen LogP contribution in [0.5, 0.6) is 5.75 Å². The molecule has 1 aliphatic rings. The maximum absolute atomic E-state index is 12.7. The van der Waals surface area contributed by atoms with E-state index in [0.29, 0.717) is 27.6 Å². The van der Waals surface area contributed by atoms with E-state index in [1.54, 1.807) is 42.6 Å². The minimum absolute atomic E-state index is 0.0596. The molecule has 0 atom stereocenters. The Morgan fingerprint density at radius 3 is 2.43 bits per heavy atom. The fourth-order valence-electron chi connectivity index (χ4n) is 2.93. The van der Waals surface area contributed by atoms with Crippen LogP contribution in [0.15, 0.2) is 54.7 Å². The Morgan fingerprint density at radius 2 is 1.70 bits per heavy atom. The second-order valence-electron chi connectivity index (χ2n) is 5.38. The van der Waals surface area contributed by atoms with Crippen molar-refractivity contribution in [2.75, 3.05) is 0 Å². The van der Waals surface area contributed by atoms with Crippen molar-refractivity contribution < 1.29 is 14.7 Å². The molecule has 1 aromatic heterocycles. The van der Waals surface area contributed by atoms with Gasteiger partial charge in [0.15, 0.2) is 0 Å². The highest BCUT2D eigenvalue weighted by Crippen LogP contribution is 2.35. The van der Waals surface area contributed by atoms with Gasteiger partial charge in [-0.2, -0.15) is 0 Å². The van der Waals surface area contributed by atoms with Gasteiger partial charge in [-0.05, 0) is 30.3 Å². The monoisotopic (exact) mass is 304 g/mol. The second-order valence-corrected chi connectivity index (χ2v) is 5.38. The number of pyridine rings is 1. The third-order valence-electron chi connectivity index (χ3n) is 4.01.